The monoisotopic (exact) mass is 447 g/mol. The van der Waals surface area contributed by atoms with Crippen molar-refractivity contribution in [3.8, 4) is 22.5 Å². The molecule has 5 aromatic rings. The van der Waals surface area contributed by atoms with Gasteiger partial charge in [0.15, 0.2) is 5.82 Å². The van der Waals surface area contributed by atoms with Crippen molar-refractivity contribution in [3.63, 3.8) is 0 Å². The fraction of sp³-hybridized carbons (Fsp3) is 0.0769. The third kappa shape index (κ3) is 3.81. The standard InChI is InChI=1S/C26H21N7O/c34-26(33-11-1-2-12-33)23-13-18-3-4-19(14-22(18)31-23)25-27-10-9-24(32-25)30-21-7-5-17(6-8-21)20-15-28-29-16-20/h1-10,13-16,31H,11-12H2,(H,28,29)(H,27,30,32). The molecule has 166 valence electrons. The normalized spacial score (nSPS) is 13.0. The van der Waals surface area contributed by atoms with Crippen molar-refractivity contribution in [2.75, 3.05) is 18.4 Å². The van der Waals surface area contributed by atoms with Crippen LogP contribution in [-0.4, -0.2) is 49.0 Å². The summed E-state index contributed by atoms with van der Waals surface area (Å²) < 4.78 is 0. The van der Waals surface area contributed by atoms with E-state index in [1.54, 1.807) is 17.3 Å². The summed E-state index contributed by atoms with van der Waals surface area (Å²) in [6.45, 7) is 1.30. The van der Waals surface area contributed by atoms with Gasteiger partial charge in [-0.2, -0.15) is 5.10 Å². The maximum atomic E-state index is 12.7. The van der Waals surface area contributed by atoms with Crippen LogP contribution in [0.2, 0.25) is 0 Å². The van der Waals surface area contributed by atoms with Crippen LogP contribution in [0.25, 0.3) is 33.4 Å². The molecule has 6 rings (SSSR count). The lowest BCUT2D eigenvalue weighted by molar-refractivity contribution is 0.0795. The zero-order valence-corrected chi connectivity index (χ0v) is 18.2. The van der Waals surface area contributed by atoms with Gasteiger partial charge in [0.25, 0.3) is 5.91 Å². The van der Waals surface area contributed by atoms with Gasteiger partial charge in [0.05, 0.1) is 6.20 Å². The number of aromatic amines is 2. The average molecular weight is 448 g/mol. The molecule has 0 spiro atoms. The summed E-state index contributed by atoms with van der Waals surface area (Å²) in [6, 6.07) is 17.7. The summed E-state index contributed by atoms with van der Waals surface area (Å²) in [5, 5.41) is 11.1. The molecule has 1 aliphatic rings. The maximum Gasteiger partial charge on any atom is 0.270 e. The molecule has 34 heavy (non-hydrogen) atoms. The predicted octanol–water partition coefficient (Wildman–Crippen LogP) is 4.77. The number of H-pyrrole nitrogens is 2. The molecule has 0 fully saturated rings. The molecule has 3 N–H and O–H groups in total. The van der Waals surface area contributed by atoms with E-state index in [1.807, 2.05) is 72.9 Å². The van der Waals surface area contributed by atoms with E-state index in [4.69, 9.17) is 0 Å². The lowest BCUT2D eigenvalue weighted by Gasteiger charge is -2.13. The molecule has 0 atom stereocenters. The highest BCUT2D eigenvalue weighted by Crippen LogP contribution is 2.26. The third-order valence-electron chi connectivity index (χ3n) is 5.86. The highest BCUT2D eigenvalue weighted by atomic mass is 16.2. The van der Waals surface area contributed by atoms with Crippen LogP contribution in [0, 0.1) is 0 Å². The van der Waals surface area contributed by atoms with Crippen molar-refractivity contribution in [3.05, 3.63) is 91.0 Å². The number of anilines is 2. The van der Waals surface area contributed by atoms with Crippen LogP contribution < -0.4 is 5.32 Å². The van der Waals surface area contributed by atoms with Crippen molar-refractivity contribution >= 4 is 28.3 Å². The molecule has 0 saturated carbocycles. The molecular weight excluding hydrogens is 426 g/mol. The number of hydrogen-bond donors (Lipinski definition) is 3. The fourth-order valence-electron chi connectivity index (χ4n) is 4.07. The van der Waals surface area contributed by atoms with Crippen LogP contribution in [0.15, 0.2) is 85.3 Å². The predicted molar refractivity (Wildman–Crippen MR) is 132 cm³/mol. The van der Waals surface area contributed by atoms with Crippen molar-refractivity contribution in [1.29, 1.82) is 0 Å². The molecule has 8 heteroatoms. The first kappa shape index (κ1) is 19.9. The number of nitrogens with zero attached hydrogens (tertiary/aromatic N) is 4. The number of hydrogen-bond acceptors (Lipinski definition) is 5. The first-order chi connectivity index (χ1) is 16.7. The lowest BCUT2D eigenvalue weighted by Crippen LogP contribution is -2.28. The van der Waals surface area contributed by atoms with E-state index in [0.717, 1.165) is 33.3 Å². The van der Waals surface area contributed by atoms with E-state index in [1.165, 1.54) is 0 Å². The van der Waals surface area contributed by atoms with Crippen molar-refractivity contribution in [2.24, 2.45) is 0 Å². The zero-order chi connectivity index (χ0) is 22.9. The highest BCUT2D eigenvalue weighted by molar-refractivity contribution is 5.99. The summed E-state index contributed by atoms with van der Waals surface area (Å²) >= 11 is 0. The molecule has 8 nitrogen and oxygen atoms in total. The molecule has 3 aromatic heterocycles. The van der Waals surface area contributed by atoms with Crippen LogP contribution in [0.5, 0.6) is 0 Å². The molecule has 4 heterocycles. The van der Waals surface area contributed by atoms with E-state index in [0.29, 0.717) is 30.4 Å². The quantitative estimate of drug-likeness (QED) is 0.337. The molecule has 0 aliphatic carbocycles. The first-order valence-corrected chi connectivity index (χ1v) is 11.0. The van der Waals surface area contributed by atoms with E-state index in [2.05, 4.69) is 30.5 Å². The van der Waals surface area contributed by atoms with E-state index < -0.39 is 0 Å². The Hall–Kier alpha value is -4.72. The van der Waals surface area contributed by atoms with Gasteiger partial charge < -0.3 is 15.2 Å². The van der Waals surface area contributed by atoms with Gasteiger partial charge in [-0.15, -0.1) is 0 Å². The SMILES string of the molecule is O=C(c1cc2ccc(-c3nccc(Nc4ccc(-c5cn[nH]c5)cc4)n3)cc2[nH]1)N1CC=CC1. The van der Waals surface area contributed by atoms with Crippen molar-refractivity contribution < 1.29 is 4.79 Å². The average Bonchev–Trinajstić information content (AvgIpc) is 3.66. The Morgan fingerprint density at radius 3 is 2.56 bits per heavy atom. The number of carbonyl (C=O) groups excluding carboxylic acids is 1. The Bertz CT molecular complexity index is 1490. The highest BCUT2D eigenvalue weighted by Gasteiger charge is 2.18. The fourth-order valence-corrected chi connectivity index (χ4v) is 4.07. The molecule has 2 aromatic carbocycles. The van der Waals surface area contributed by atoms with Gasteiger partial charge >= 0.3 is 0 Å². The number of carbonyl (C=O) groups is 1. The largest absolute Gasteiger partial charge is 0.351 e. The number of benzene rings is 2. The molecule has 0 bridgehead atoms. The molecule has 1 aliphatic heterocycles. The molecular formula is C26H21N7O. The Kier molecular flexibility index (Phi) is 4.88. The Labute approximate surface area is 195 Å². The van der Waals surface area contributed by atoms with Crippen LogP contribution >= 0.6 is 0 Å². The van der Waals surface area contributed by atoms with Gasteiger partial charge in [0.1, 0.15) is 11.5 Å². The van der Waals surface area contributed by atoms with Gasteiger partial charge in [0, 0.05) is 53.2 Å². The molecule has 1 amide bonds. The van der Waals surface area contributed by atoms with Crippen LogP contribution in [0.1, 0.15) is 10.5 Å². The number of amides is 1. The summed E-state index contributed by atoms with van der Waals surface area (Å²) in [4.78, 5) is 26.9. The van der Waals surface area contributed by atoms with Crippen molar-refractivity contribution in [2.45, 2.75) is 0 Å². The minimum Gasteiger partial charge on any atom is -0.351 e. The number of aromatic nitrogens is 5. The Morgan fingerprint density at radius 2 is 1.76 bits per heavy atom. The van der Waals surface area contributed by atoms with E-state index in [-0.39, 0.29) is 5.91 Å². The van der Waals surface area contributed by atoms with E-state index >= 15 is 0 Å². The van der Waals surface area contributed by atoms with Gasteiger partial charge in [-0.3, -0.25) is 9.89 Å². The third-order valence-corrected chi connectivity index (χ3v) is 5.86. The van der Waals surface area contributed by atoms with Crippen LogP contribution in [-0.2, 0) is 0 Å². The second kappa shape index (κ2) is 8.32. The molecule has 0 radical (unpaired) electrons. The summed E-state index contributed by atoms with van der Waals surface area (Å²) in [5.41, 5.74) is 5.39. The number of rotatable bonds is 5. The van der Waals surface area contributed by atoms with Gasteiger partial charge in [0.2, 0.25) is 0 Å². The minimum atomic E-state index is 0.00369. The second-order valence-corrected chi connectivity index (χ2v) is 8.12. The topological polar surface area (TPSA) is 103 Å². The number of fused-ring (bicyclic) bond motifs is 1. The molecule has 0 saturated heterocycles. The first-order valence-electron chi connectivity index (χ1n) is 11.0. The number of nitrogens with one attached hydrogen (secondary N) is 3. The van der Waals surface area contributed by atoms with Gasteiger partial charge in [-0.25, -0.2) is 9.97 Å². The Balaban J connectivity index is 1.23. The van der Waals surface area contributed by atoms with Gasteiger partial charge in [-0.1, -0.05) is 36.4 Å². The minimum absolute atomic E-state index is 0.00369. The van der Waals surface area contributed by atoms with Crippen LogP contribution in [0.4, 0.5) is 11.5 Å². The summed E-state index contributed by atoms with van der Waals surface area (Å²) in [5.74, 6) is 1.31. The zero-order valence-electron chi connectivity index (χ0n) is 18.2. The lowest BCUT2D eigenvalue weighted by atomic mass is 10.1. The summed E-state index contributed by atoms with van der Waals surface area (Å²) in [7, 11) is 0. The Morgan fingerprint density at radius 1 is 0.941 bits per heavy atom. The van der Waals surface area contributed by atoms with E-state index in [9.17, 15) is 4.79 Å². The maximum absolute atomic E-state index is 12.7. The van der Waals surface area contributed by atoms with Gasteiger partial charge in [-0.05, 0) is 35.9 Å². The second-order valence-electron chi connectivity index (χ2n) is 8.12. The van der Waals surface area contributed by atoms with Crippen molar-refractivity contribution in [1.82, 2.24) is 30.0 Å². The summed E-state index contributed by atoms with van der Waals surface area (Å²) in [6.07, 6.45) is 9.40. The smallest absolute Gasteiger partial charge is 0.270 e. The molecule has 0 unspecified atom stereocenters. The van der Waals surface area contributed by atoms with Crippen LogP contribution in [0.3, 0.4) is 0 Å².